The molecule has 0 spiro atoms. The van der Waals surface area contributed by atoms with Crippen molar-refractivity contribution in [2.24, 2.45) is 0 Å². The molecule has 0 bridgehead atoms. The van der Waals surface area contributed by atoms with Gasteiger partial charge in [0.25, 0.3) is 5.78 Å². The lowest BCUT2D eigenvalue weighted by molar-refractivity contribution is -0.165. The van der Waals surface area contributed by atoms with Gasteiger partial charge in [0.2, 0.25) is 0 Å². The molecule has 0 radical (unpaired) electrons. The summed E-state index contributed by atoms with van der Waals surface area (Å²) in [6, 6.07) is 0. The molecule has 0 atom stereocenters. The first-order valence-corrected chi connectivity index (χ1v) is 4.89. The van der Waals surface area contributed by atoms with Gasteiger partial charge in [-0.3, -0.25) is 14.4 Å². The van der Waals surface area contributed by atoms with E-state index in [0.29, 0.717) is 6.08 Å². The Morgan fingerprint density at radius 1 is 1.22 bits per heavy atom. The van der Waals surface area contributed by atoms with Crippen molar-refractivity contribution in [3.8, 4) is 0 Å². The molecule has 0 aliphatic carbocycles. The van der Waals surface area contributed by atoms with E-state index in [1.54, 1.807) is 0 Å². The zero-order valence-electron chi connectivity index (χ0n) is 9.50. The zero-order chi connectivity index (χ0) is 14.3. The van der Waals surface area contributed by atoms with Crippen molar-refractivity contribution in [1.82, 2.24) is 5.32 Å². The number of hydrogen-bond acceptors (Lipinski definition) is 4. The highest BCUT2D eigenvalue weighted by Crippen LogP contribution is 2.16. The minimum Gasteiger partial charge on any atom is -0.481 e. The minimum atomic E-state index is -4.95. The first kappa shape index (κ1) is 16.1. The molecular weight excluding hydrogens is 255 g/mol. The standard InChI is InChI=1S/C10H12F3NO4/c1-6(4-8(16)10(11,12)13)14-5-7(15)2-3-9(17)18/h4,14H,2-3,5H2,1H3,(H,17,18)/b6-4-. The molecule has 0 aromatic heterocycles. The van der Waals surface area contributed by atoms with Crippen LogP contribution in [0.25, 0.3) is 0 Å². The summed E-state index contributed by atoms with van der Waals surface area (Å²) in [7, 11) is 0. The number of ketones is 2. The van der Waals surface area contributed by atoms with E-state index in [2.05, 4.69) is 5.32 Å². The van der Waals surface area contributed by atoms with Crippen molar-refractivity contribution in [1.29, 1.82) is 0 Å². The third-order valence-electron chi connectivity index (χ3n) is 1.81. The fourth-order valence-corrected chi connectivity index (χ4v) is 0.902. The number of aliphatic carboxylic acids is 1. The van der Waals surface area contributed by atoms with Gasteiger partial charge in [-0.05, 0) is 6.92 Å². The second-order valence-corrected chi connectivity index (χ2v) is 3.48. The van der Waals surface area contributed by atoms with Crippen LogP contribution in [-0.2, 0) is 14.4 Å². The number of hydrogen-bond donors (Lipinski definition) is 2. The van der Waals surface area contributed by atoms with Crippen molar-refractivity contribution < 1.29 is 32.7 Å². The van der Waals surface area contributed by atoms with E-state index < -0.39 is 23.7 Å². The summed E-state index contributed by atoms with van der Waals surface area (Å²) < 4.78 is 35.6. The van der Waals surface area contributed by atoms with Gasteiger partial charge in [0, 0.05) is 18.2 Å². The Morgan fingerprint density at radius 2 is 1.78 bits per heavy atom. The number of carbonyl (C=O) groups is 3. The summed E-state index contributed by atoms with van der Waals surface area (Å²) in [4.78, 5) is 31.7. The lowest BCUT2D eigenvalue weighted by atomic mass is 10.2. The maximum Gasteiger partial charge on any atom is 0.454 e. The Kier molecular flexibility index (Phi) is 6.07. The summed E-state index contributed by atoms with van der Waals surface area (Å²) in [6.45, 7) is 0.884. The van der Waals surface area contributed by atoms with E-state index in [0.717, 1.165) is 0 Å². The minimum absolute atomic E-state index is 0.110. The summed E-state index contributed by atoms with van der Waals surface area (Å²) in [5, 5.41) is 10.6. The average Bonchev–Trinajstić information content (AvgIpc) is 2.22. The fraction of sp³-hybridized carbons (Fsp3) is 0.500. The lowest BCUT2D eigenvalue weighted by Gasteiger charge is -2.06. The molecule has 2 N–H and O–H groups in total. The van der Waals surface area contributed by atoms with Crippen LogP contribution >= 0.6 is 0 Å². The van der Waals surface area contributed by atoms with E-state index >= 15 is 0 Å². The van der Waals surface area contributed by atoms with Crippen LogP contribution < -0.4 is 5.32 Å². The summed E-state index contributed by atoms with van der Waals surface area (Å²) in [6.07, 6.45) is -5.17. The van der Waals surface area contributed by atoms with Gasteiger partial charge >= 0.3 is 12.1 Å². The van der Waals surface area contributed by atoms with E-state index in [1.165, 1.54) is 6.92 Å². The first-order valence-electron chi connectivity index (χ1n) is 4.89. The Hall–Kier alpha value is -1.86. The van der Waals surface area contributed by atoms with Crippen LogP contribution in [0.5, 0.6) is 0 Å². The van der Waals surface area contributed by atoms with Crippen molar-refractivity contribution in [3.63, 3.8) is 0 Å². The van der Waals surface area contributed by atoms with E-state index in [4.69, 9.17) is 5.11 Å². The Morgan fingerprint density at radius 3 is 2.22 bits per heavy atom. The highest BCUT2D eigenvalue weighted by Gasteiger charge is 2.36. The van der Waals surface area contributed by atoms with Gasteiger partial charge in [0.15, 0.2) is 5.78 Å². The number of Topliss-reactive ketones (excluding diaryl/α,β-unsaturated/α-hetero) is 1. The van der Waals surface area contributed by atoms with Gasteiger partial charge < -0.3 is 10.4 Å². The molecule has 0 aliphatic heterocycles. The molecule has 0 saturated heterocycles. The van der Waals surface area contributed by atoms with Crippen molar-refractivity contribution in [3.05, 3.63) is 11.8 Å². The summed E-state index contributed by atoms with van der Waals surface area (Å²) >= 11 is 0. The van der Waals surface area contributed by atoms with Gasteiger partial charge in [-0.2, -0.15) is 13.2 Å². The number of halogens is 3. The predicted octanol–water partition coefficient (Wildman–Crippen LogP) is 1.05. The van der Waals surface area contributed by atoms with E-state index in [1.807, 2.05) is 0 Å². The first-order chi connectivity index (χ1) is 8.12. The van der Waals surface area contributed by atoms with Gasteiger partial charge in [-0.15, -0.1) is 0 Å². The van der Waals surface area contributed by atoms with Gasteiger partial charge in [0.05, 0.1) is 13.0 Å². The highest BCUT2D eigenvalue weighted by molar-refractivity contribution is 5.94. The largest absolute Gasteiger partial charge is 0.481 e. The summed E-state index contributed by atoms with van der Waals surface area (Å²) in [5.74, 6) is -3.63. The second-order valence-electron chi connectivity index (χ2n) is 3.48. The quantitative estimate of drug-likeness (QED) is 0.673. The molecule has 0 fully saturated rings. The molecular formula is C10H12F3NO4. The third-order valence-corrected chi connectivity index (χ3v) is 1.81. The molecule has 102 valence electrons. The third kappa shape index (κ3) is 7.42. The van der Waals surface area contributed by atoms with E-state index in [9.17, 15) is 27.6 Å². The molecule has 0 rings (SSSR count). The van der Waals surface area contributed by atoms with Crippen molar-refractivity contribution in [2.75, 3.05) is 6.54 Å². The maximum atomic E-state index is 11.9. The molecule has 18 heavy (non-hydrogen) atoms. The zero-order valence-corrected chi connectivity index (χ0v) is 9.50. The van der Waals surface area contributed by atoms with E-state index in [-0.39, 0.29) is 25.1 Å². The van der Waals surface area contributed by atoms with Crippen LogP contribution in [0, 0.1) is 0 Å². The fourth-order valence-electron chi connectivity index (χ4n) is 0.902. The number of nitrogens with one attached hydrogen (secondary N) is 1. The van der Waals surface area contributed by atoms with Crippen molar-refractivity contribution in [2.45, 2.75) is 25.9 Å². The number of carboxylic acids is 1. The molecule has 0 heterocycles. The van der Waals surface area contributed by atoms with Crippen molar-refractivity contribution >= 4 is 17.5 Å². The van der Waals surface area contributed by atoms with Crippen LogP contribution in [0.3, 0.4) is 0 Å². The second kappa shape index (κ2) is 6.77. The van der Waals surface area contributed by atoms with Gasteiger partial charge in [0.1, 0.15) is 0 Å². The molecule has 0 aromatic rings. The number of rotatable bonds is 7. The smallest absolute Gasteiger partial charge is 0.454 e. The SMILES string of the molecule is C/C(=C/C(=O)C(F)(F)F)NCC(=O)CCC(=O)O. The molecule has 0 amide bonds. The number of allylic oxidation sites excluding steroid dienone is 2. The lowest BCUT2D eigenvalue weighted by Crippen LogP contribution is -2.25. The number of carboxylic acid groups (broad SMARTS) is 1. The van der Waals surface area contributed by atoms with Gasteiger partial charge in [-0.25, -0.2) is 0 Å². The van der Waals surface area contributed by atoms with Gasteiger partial charge in [-0.1, -0.05) is 0 Å². The highest BCUT2D eigenvalue weighted by atomic mass is 19.4. The molecule has 0 aliphatic rings. The van der Waals surface area contributed by atoms with Crippen LogP contribution in [-0.4, -0.2) is 35.4 Å². The Bertz CT molecular complexity index is 374. The normalized spacial score (nSPS) is 12.1. The maximum absolute atomic E-state index is 11.9. The van der Waals surface area contributed by atoms with Crippen LogP contribution in [0.2, 0.25) is 0 Å². The molecule has 0 aromatic carbocycles. The molecule has 0 saturated carbocycles. The Balaban J connectivity index is 4.14. The predicted molar refractivity (Wildman–Crippen MR) is 54.7 cm³/mol. The molecule has 5 nitrogen and oxygen atoms in total. The summed E-state index contributed by atoms with van der Waals surface area (Å²) in [5.41, 5.74) is -0.110. The van der Waals surface area contributed by atoms with Crippen LogP contribution in [0.15, 0.2) is 11.8 Å². The molecule has 0 unspecified atom stereocenters. The number of carbonyl (C=O) groups excluding carboxylic acids is 2. The van der Waals surface area contributed by atoms with Crippen LogP contribution in [0.1, 0.15) is 19.8 Å². The average molecular weight is 267 g/mol. The Labute approximate surface area is 101 Å². The molecule has 8 heteroatoms. The topological polar surface area (TPSA) is 83.5 Å². The van der Waals surface area contributed by atoms with Crippen LogP contribution in [0.4, 0.5) is 13.2 Å². The number of alkyl halides is 3. The monoisotopic (exact) mass is 267 g/mol.